The average molecular weight is 172 g/mol. The number of primary amides is 1. The second kappa shape index (κ2) is 3.29. The van der Waals surface area contributed by atoms with Crippen LogP contribution in [0.5, 0.6) is 0 Å². The van der Waals surface area contributed by atoms with E-state index in [1.54, 1.807) is 0 Å². The summed E-state index contributed by atoms with van der Waals surface area (Å²) in [5.41, 5.74) is 4.89. The standard InChI is InChI=1S/C6H12N4O2/c1-3-2-4(9-5(7)11)10-6(12)8-3/h3-4H,2H2,1H3,(H3,7,9,11)(H2,8,10,12)/t3?,4-/m0/s1. The number of hydrogen-bond donors (Lipinski definition) is 4. The Morgan fingerprint density at radius 1 is 1.67 bits per heavy atom. The number of urea groups is 2. The normalized spacial score (nSPS) is 28.6. The van der Waals surface area contributed by atoms with Crippen LogP contribution in [-0.4, -0.2) is 24.3 Å². The third-order valence-corrected chi connectivity index (χ3v) is 1.59. The molecule has 6 nitrogen and oxygen atoms in total. The molecule has 68 valence electrons. The molecule has 0 spiro atoms. The molecule has 0 aromatic rings. The lowest BCUT2D eigenvalue weighted by molar-refractivity contribution is 0.211. The van der Waals surface area contributed by atoms with Crippen LogP contribution < -0.4 is 21.7 Å². The summed E-state index contributed by atoms with van der Waals surface area (Å²) in [6, 6.07) is -0.863. The zero-order valence-corrected chi connectivity index (χ0v) is 6.76. The van der Waals surface area contributed by atoms with Crippen LogP contribution in [0, 0.1) is 0 Å². The SMILES string of the molecule is CC1C[C@@H](NC(N)=O)NC(=O)N1. The molecule has 0 aliphatic carbocycles. The monoisotopic (exact) mass is 172 g/mol. The molecular weight excluding hydrogens is 160 g/mol. The van der Waals surface area contributed by atoms with E-state index in [0.29, 0.717) is 6.42 Å². The van der Waals surface area contributed by atoms with Gasteiger partial charge in [-0.1, -0.05) is 0 Å². The Balaban J connectivity index is 2.44. The first-order valence-electron chi connectivity index (χ1n) is 3.71. The summed E-state index contributed by atoms with van der Waals surface area (Å²) in [5, 5.41) is 7.57. The summed E-state index contributed by atoms with van der Waals surface area (Å²) in [5.74, 6) is 0. The zero-order chi connectivity index (χ0) is 9.14. The van der Waals surface area contributed by atoms with Gasteiger partial charge in [0.2, 0.25) is 0 Å². The first kappa shape index (κ1) is 8.63. The highest BCUT2D eigenvalue weighted by Crippen LogP contribution is 2.00. The molecule has 1 aliphatic rings. The number of nitrogens with one attached hydrogen (secondary N) is 3. The molecule has 0 aromatic heterocycles. The van der Waals surface area contributed by atoms with Crippen molar-refractivity contribution in [1.29, 1.82) is 0 Å². The third-order valence-electron chi connectivity index (χ3n) is 1.59. The Labute approximate surface area is 69.9 Å². The Kier molecular flexibility index (Phi) is 2.37. The molecule has 2 atom stereocenters. The number of nitrogens with two attached hydrogens (primary N) is 1. The minimum atomic E-state index is -0.630. The lowest BCUT2D eigenvalue weighted by atomic mass is 10.1. The van der Waals surface area contributed by atoms with E-state index in [1.165, 1.54) is 0 Å². The van der Waals surface area contributed by atoms with Crippen LogP contribution in [-0.2, 0) is 0 Å². The van der Waals surface area contributed by atoms with E-state index < -0.39 is 6.03 Å². The van der Waals surface area contributed by atoms with Gasteiger partial charge in [0.15, 0.2) is 0 Å². The third kappa shape index (κ3) is 2.30. The maximum Gasteiger partial charge on any atom is 0.316 e. The Morgan fingerprint density at radius 2 is 2.33 bits per heavy atom. The minimum absolute atomic E-state index is 0.0515. The van der Waals surface area contributed by atoms with Crippen molar-refractivity contribution in [3.63, 3.8) is 0 Å². The number of rotatable bonds is 1. The molecule has 4 amide bonds. The lowest BCUT2D eigenvalue weighted by Crippen LogP contribution is -2.60. The van der Waals surface area contributed by atoms with Crippen LogP contribution in [0.4, 0.5) is 9.59 Å². The summed E-state index contributed by atoms with van der Waals surface area (Å²) in [6.07, 6.45) is 0.278. The van der Waals surface area contributed by atoms with Crippen molar-refractivity contribution in [3.8, 4) is 0 Å². The van der Waals surface area contributed by atoms with Crippen molar-refractivity contribution in [1.82, 2.24) is 16.0 Å². The van der Waals surface area contributed by atoms with E-state index >= 15 is 0 Å². The molecule has 5 N–H and O–H groups in total. The van der Waals surface area contributed by atoms with Crippen molar-refractivity contribution in [3.05, 3.63) is 0 Å². The Bertz CT molecular complexity index is 204. The molecule has 0 radical (unpaired) electrons. The van der Waals surface area contributed by atoms with Crippen LogP contribution in [0.2, 0.25) is 0 Å². The van der Waals surface area contributed by atoms with Crippen molar-refractivity contribution >= 4 is 12.1 Å². The van der Waals surface area contributed by atoms with Crippen molar-refractivity contribution in [2.24, 2.45) is 5.73 Å². The van der Waals surface area contributed by atoms with E-state index in [1.807, 2.05) is 6.92 Å². The smallest absolute Gasteiger partial charge is 0.316 e. The fourth-order valence-electron chi connectivity index (χ4n) is 1.16. The Hall–Kier alpha value is -1.46. The van der Waals surface area contributed by atoms with Crippen LogP contribution in [0.15, 0.2) is 0 Å². The average Bonchev–Trinajstić information content (AvgIpc) is 1.81. The van der Waals surface area contributed by atoms with Gasteiger partial charge >= 0.3 is 12.1 Å². The topological polar surface area (TPSA) is 96.2 Å². The summed E-state index contributed by atoms with van der Waals surface area (Å²) >= 11 is 0. The van der Waals surface area contributed by atoms with E-state index in [2.05, 4.69) is 16.0 Å². The maximum absolute atomic E-state index is 10.9. The highest BCUT2D eigenvalue weighted by atomic mass is 16.2. The largest absolute Gasteiger partial charge is 0.352 e. The van der Waals surface area contributed by atoms with E-state index in [-0.39, 0.29) is 18.2 Å². The quantitative estimate of drug-likeness (QED) is 0.411. The van der Waals surface area contributed by atoms with Gasteiger partial charge in [-0.25, -0.2) is 9.59 Å². The Morgan fingerprint density at radius 3 is 2.83 bits per heavy atom. The highest BCUT2D eigenvalue weighted by molar-refractivity contribution is 5.77. The molecular formula is C6H12N4O2. The molecule has 1 aliphatic heterocycles. The van der Waals surface area contributed by atoms with Gasteiger partial charge in [0.05, 0.1) is 0 Å². The van der Waals surface area contributed by atoms with Gasteiger partial charge in [-0.3, -0.25) is 0 Å². The first-order valence-corrected chi connectivity index (χ1v) is 3.71. The molecule has 0 saturated carbocycles. The van der Waals surface area contributed by atoms with Gasteiger partial charge in [-0.2, -0.15) is 0 Å². The van der Waals surface area contributed by atoms with Gasteiger partial charge in [-0.15, -0.1) is 0 Å². The molecule has 1 heterocycles. The van der Waals surface area contributed by atoms with E-state index in [0.717, 1.165) is 0 Å². The van der Waals surface area contributed by atoms with Crippen LogP contribution in [0.25, 0.3) is 0 Å². The number of hydrogen-bond acceptors (Lipinski definition) is 2. The number of amides is 4. The summed E-state index contributed by atoms with van der Waals surface area (Å²) in [7, 11) is 0. The molecule has 12 heavy (non-hydrogen) atoms. The molecule has 0 aromatic carbocycles. The second-order valence-corrected chi connectivity index (χ2v) is 2.82. The van der Waals surface area contributed by atoms with Crippen LogP contribution in [0.1, 0.15) is 13.3 Å². The highest BCUT2D eigenvalue weighted by Gasteiger charge is 2.22. The van der Waals surface area contributed by atoms with Gasteiger partial charge in [-0.05, 0) is 6.92 Å². The number of carbonyl (C=O) groups is 2. The van der Waals surface area contributed by atoms with Gasteiger partial charge < -0.3 is 21.7 Å². The summed E-state index contributed by atoms with van der Waals surface area (Å²) in [6.45, 7) is 1.86. The predicted molar refractivity (Wildman–Crippen MR) is 42.3 cm³/mol. The van der Waals surface area contributed by atoms with Crippen molar-refractivity contribution in [2.45, 2.75) is 25.6 Å². The second-order valence-electron chi connectivity index (χ2n) is 2.82. The van der Waals surface area contributed by atoms with Gasteiger partial charge in [0.25, 0.3) is 0 Å². The van der Waals surface area contributed by atoms with Crippen LogP contribution >= 0.6 is 0 Å². The molecule has 6 heteroatoms. The van der Waals surface area contributed by atoms with Gasteiger partial charge in [0, 0.05) is 12.5 Å². The van der Waals surface area contributed by atoms with E-state index in [9.17, 15) is 9.59 Å². The lowest BCUT2D eigenvalue weighted by Gasteiger charge is -2.28. The fourth-order valence-corrected chi connectivity index (χ4v) is 1.16. The molecule has 1 rings (SSSR count). The zero-order valence-electron chi connectivity index (χ0n) is 6.76. The molecule has 1 fully saturated rings. The van der Waals surface area contributed by atoms with Crippen LogP contribution in [0.3, 0.4) is 0 Å². The predicted octanol–water partition coefficient (Wildman–Crippen LogP) is -0.928. The molecule has 0 bridgehead atoms. The maximum atomic E-state index is 10.9. The molecule has 1 unspecified atom stereocenters. The van der Waals surface area contributed by atoms with Crippen molar-refractivity contribution < 1.29 is 9.59 Å². The van der Waals surface area contributed by atoms with Gasteiger partial charge in [0.1, 0.15) is 6.17 Å². The van der Waals surface area contributed by atoms with E-state index in [4.69, 9.17) is 5.73 Å². The minimum Gasteiger partial charge on any atom is -0.352 e. The molecule has 1 saturated heterocycles. The van der Waals surface area contributed by atoms with Crippen molar-refractivity contribution in [2.75, 3.05) is 0 Å². The number of carbonyl (C=O) groups excluding carboxylic acids is 2. The summed E-state index contributed by atoms with van der Waals surface area (Å²) in [4.78, 5) is 21.3. The fraction of sp³-hybridized carbons (Fsp3) is 0.667. The summed E-state index contributed by atoms with van der Waals surface area (Å²) < 4.78 is 0. The first-order chi connectivity index (χ1) is 5.58.